The minimum atomic E-state index is -0.373. The summed E-state index contributed by atoms with van der Waals surface area (Å²) in [7, 11) is 0. The molecule has 1 aliphatic carbocycles. The smallest absolute Gasteiger partial charge is 0.255 e. The van der Waals surface area contributed by atoms with E-state index in [1.165, 1.54) is 0 Å². The number of nitriles is 1. The first-order valence-corrected chi connectivity index (χ1v) is 10.3. The van der Waals surface area contributed by atoms with Gasteiger partial charge in [0.1, 0.15) is 0 Å². The van der Waals surface area contributed by atoms with E-state index in [0.717, 1.165) is 47.9 Å². The normalized spacial score (nSPS) is 14.8. The molecular weight excluding hydrogens is 372 g/mol. The van der Waals surface area contributed by atoms with Crippen molar-refractivity contribution in [2.75, 3.05) is 5.32 Å². The van der Waals surface area contributed by atoms with Gasteiger partial charge in [-0.25, -0.2) is 0 Å². The van der Waals surface area contributed by atoms with Gasteiger partial charge in [0.2, 0.25) is 0 Å². The zero-order valence-corrected chi connectivity index (χ0v) is 16.8. The summed E-state index contributed by atoms with van der Waals surface area (Å²) in [4.78, 5) is 12.8. The van der Waals surface area contributed by atoms with Gasteiger partial charge in [-0.2, -0.15) is 5.26 Å². The molecule has 1 amide bonds. The number of hydrogen-bond acceptors (Lipinski definition) is 3. The van der Waals surface area contributed by atoms with Gasteiger partial charge in [-0.3, -0.25) is 4.79 Å². The Balaban J connectivity index is 1.49. The summed E-state index contributed by atoms with van der Waals surface area (Å²) >= 11 is 0. The lowest BCUT2D eigenvalue weighted by atomic mass is 9.80. The van der Waals surface area contributed by atoms with Crippen molar-refractivity contribution in [3.63, 3.8) is 0 Å². The van der Waals surface area contributed by atoms with Crippen LogP contribution in [0.3, 0.4) is 0 Å². The number of amides is 1. The monoisotopic (exact) mass is 396 g/mol. The number of aliphatic hydroxyl groups excluding tert-OH is 1. The number of carbonyl (C=O) groups is 1. The Hall–Kier alpha value is -3.42. The molecule has 0 spiro atoms. The molecule has 30 heavy (non-hydrogen) atoms. The highest BCUT2D eigenvalue weighted by molar-refractivity contribution is 6.05. The van der Waals surface area contributed by atoms with Gasteiger partial charge in [0.25, 0.3) is 5.91 Å². The van der Waals surface area contributed by atoms with Gasteiger partial charge in [-0.05, 0) is 59.4 Å². The Morgan fingerprint density at radius 3 is 2.30 bits per heavy atom. The second kappa shape index (κ2) is 8.52. The Morgan fingerprint density at radius 2 is 1.67 bits per heavy atom. The maximum Gasteiger partial charge on any atom is 0.255 e. The first-order valence-electron chi connectivity index (χ1n) is 10.3. The maximum atomic E-state index is 12.8. The molecule has 2 N–H and O–H groups in total. The van der Waals surface area contributed by atoms with Crippen LogP contribution in [0.4, 0.5) is 5.69 Å². The standard InChI is InChI=1S/C26H24N2O2/c27-18-26(14-1-2-15-26)23-10-12-24(13-11-23)28-25(30)22-5-3-4-21(16-22)20-8-6-19(17-29)7-9-20/h3-13,16,29H,1-2,14-15,17H2,(H,28,30). The minimum absolute atomic E-state index is 0.0109. The number of anilines is 1. The first-order chi connectivity index (χ1) is 14.6. The SMILES string of the molecule is N#CC1(c2ccc(NC(=O)c3cccc(-c4ccc(CO)cc4)c3)cc2)CCCC1. The molecule has 4 rings (SSSR count). The average Bonchev–Trinajstić information content (AvgIpc) is 3.30. The van der Waals surface area contributed by atoms with Crippen LogP contribution in [0.15, 0.2) is 72.8 Å². The van der Waals surface area contributed by atoms with Crippen LogP contribution < -0.4 is 5.32 Å². The Morgan fingerprint density at radius 1 is 0.967 bits per heavy atom. The van der Waals surface area contributed by atoms with Crippen LogP contribution in [0.2, 0.25) is 0 Å². The molecule has 0 aromatic heterocycles. The van der Waals surface area contributed by atoms with Gasteiger partial charge in [0.15, 0.2) is 0 Å². The number of nitrogens with zero attached hydrogens (tertiary/aromatic N) is 1. The molecule has 3 aromatic rings. The third kappa shape index (κ3) is 3.98. The molecule has 0 aliphatic heterocycles. The molecule has 150 valence electrons. The highest BCUT2D eigenvalue weighted by Gasteiger charge is 2.35. The molecule has 1 aliphatic rings. The van der Waals surface area contributed by atoms with Gasteiger partial charge < -0.3 is 10.4 Å². The lowest BCUT2D eigenvalue weighted by Crippen LogP contribution is -2.19. The molecule has 4 heteroatoms. The fraction of sp³-hybridized carbons (Fsp3) is 0.231. The van der Waals surface area contributed by atoms with E-state index in [2.05, 4.69) is 11.4 Å². The van der Waals surface area contributed by atoms with Crippen LogP contribution in [-0.2, 0) is 12.0 Å². The lowest BCUT2D eigenvalue weighted by Gasteiger charge is -2.21. The Kier molecular flexibility index (Phi) is 5.65. The third-order valence-corrected chi connectivity index (χ3v) is 5.96. The van der Waals surface area contributed by atoms with Gasteiger partial charge in [-0.1, -0.05) is 61.4 Å². The van der Waals surface area contributed by atoms with Gasteiger partial charge in [0.05, 0.1) is 18.1 Å². The van der Waals surface area contributed by atoms with Gasteiger partial charge in [-0.15, -0.1) is 0 Å². The molecule has 4 nitrogen and oxygen atoms in total. The number of nitrogens with one attached hydrogen (secondary N) is 1. The van der Waals surface area contributed by atoms with Crippen LogP contribution >= 0.6 is 0 Å². The molecule has 0 radical (unpaired) electrons. The molecule has 1 fully saturated rings. The van der Waals surface area contributed by atoms with Crippen molar-refractivity contribution in [2.24, 2.45) is 0 Å². The van der Waals surface area contributed by atoms with Gasteiger partial charge in [0, 0.05) is 11.3 Å². The van der Waals surface area contributed by atoms with E-state index in [-0.39, 0.29) is 17.9 Å². The number of hydrogen-bond donors (Lipinski definition) is 2. The summed E-state index contributed by atoms with van der Waals surface area (Å²) < 4.78 is 0. The van der Waals surface area contributed by atoms with E-state index in [4.69, 9.17) is 0 Å². The quantitative estimate of drug-likeness (QED) is 0.604. The summed E-state index contributed by atoms with van der Waals surface area (Å²) in [5.41, 5.74) is 4.74. The summed E-state index contributed by atoms with van der Waals surface area (Å²) in [6.45, 7) is 0.0109. The van der Waals surface area contributed by atoms with Crippen LogP contribution in [0, 0.1) is 11.3 Å². The highest BCUT2D eigenvalue weighted by Crippen LogP contribution is 2.40. The predicted octanol–water partition coefficient (Wildman–Crippen LogP) is 5.43. The van der Waals surface area contributed by atoms with Crippen molar-refractivity contribution in [2.45, 2.75) is 37.7 Å². The van der Waals surface area contributed by atoms with Crippen molar-refractivity contribution < 1.29 is 9.90 Å². The molecule has 0 unspecified atom stereocenters. The van der Waals surface area contributed by atoms with E-state index in [1.807, 2.05) is 66.7 Å². The Labute approximate surface area is 176 Å². The highest BCUT2D eigenvalue weighted by atomic mass is 16.3. The van der Waals surface area contributed by atoms with Crippen molar-refractivity contribution in [1.82, 2.24) is 0 Å². The zero-order valence-electron chi connectivity index (χ0n) is 16.8. The van der Waals surface area contributed by atoms with Crippen LogP contribution in [-0.4, -0.2) is 11.0 Å². The average molecular weight is 396 g/mol. The molecular formula is C26H24N2O2. The Bertz CT molecular complexity index is 1070. The fourth-order valence-electron chi connectivity index (χ4n) is 4.16. The molecule has 0 saturated heterocycles. The van der Waals surface area contributed by atoms with Crippen molar-refractivity contribution in [1.29, 1.82) is 5.26 Å². The number of benzene rings is 3. The molecule has 0 bridgehead atoms. The predicted molar refractivity (Wildman–Crippen MR) is 118 cm³/mol. The molecule has 0 heterocycles. The number of carbonyl (C=O) groups excluding carboxylic acids is 1. The van der Waals surface area contributed by atoms with Crippen LogP contribution in [0.1, 0.15) is 47.2 Å². The first kappa shape index (κ1) is 19.9. The van der Waals surface area contributed by atoms with Crippen LogP contribution in [0.25, 0.3) is 11.1 Å². The summed E-state index contributed by atoms with van der Waals surface area (Å²) in [5, 5.41) is 21.8. The van der Waals surface area contributed by atoms with E-state index < -0.39 is 0 Å². The molecule has 1 saturated carbocycles. The lowest BCUT2D eigenvalue weighted by molar-refractivity contribution is 0.102. The fourth-order valence-corrected chi connectivity index (χ4v) is 4.16. The third-order valence-electron chi connectivity index (χ3n) is 5.96. The van der Waals surface area contributed by atoms with E-state index in [0.29, 0.717) is 11.3 Å². The number of aliphatic hydroxyl groups is 1. The molecule has 3 aromatic carbocycles. The summed E-state index contributed by atoms with van der Waals surface area (Å²) in [6, 6.07) is 25.3. The van der Waals surface area contributed by atoms with Gasteiger partial charge >= 0.3 is 0 Å². The number of rotatable bonds is 5. The second-order valence-electron chi connectivity index (χ2n) is 7.87. The van der Waals surface area contributed by atoms with Crippen molar-refractivity contribution >= 4 is 11.6 Å². The minimum Gasteiger partial charge on any atom is -0.392 e. The van der Waals surface area contributed by atoms with Crippen molar-refractivity contribution in [3.8, 4) is 17.2 Å². The summed E-state index contributed by atoms with van der Waals surface area (Å²) in [6.07, 6.45) is 3.98. The second-order valence-corrected chi connectivity index (χ2v) is 7.87. The van der Waals surface area contributed by atoms with E-state index in [1.54, 1.807) is 6.07 Å². The van der Waals surface area contributed by atoms with E-state index in [9.17, 15) is 15.2 Å². The van der Waals surface area contributed by atoms with Crippen LogP contribution in [0.5, 0.6) is 0 Å². The topological polar surface area (TPSA) is 73.1 Å². The maximum absolute atomic E-state index is 12.8. The molecule has 0 atom stereocenters. The van der Waals surface area contributed by atoms with Crippen molar-refractivity contribution in [3.05, 3.63) is 89.5 Å². The summed E-state index contributed by atoms with van der Waals surface area (Å²) in [5.74, 6) is -0.174. The largest absolute Gasteiger partial charge is 0.392 e. The van der Waals surface area contributed by atoms with E-state index >= 15 is 0 Å². The zero-order chi connectivity index (χ0) is 21.0.